The SMILES string of the molecule is O=C(c1cccs1)N1CCC(Oc2ccncn2)CC1. The Bertz CT molecular complexity index is 551. The van der Waals surface area contributed by atoms with Gasteiger partial charge in [-0.1, -0.05) is 6.07 Å². The van der Waals surface area contributed by atoms with Gasteiger partial charge < -0.3 is 9.64 Å². The summed E-state index contributed by atoms with van der Waals surface area (Å²) in [5, 5.41) is 1.93. The lowest BCUT2D eigenvalue weighted by Crippen LogP contribution is -2.41. The van der Waals surface area contributed by atoms with E-state index in [1.807, 2.05) is 22.4 Å². The summed E-state index contributed by atoms with van der Waals surface area (Å²) in [6.07, 6.45) is 4.93. The third-order valence-electron chi connectivity index (χ3n) is 3.30. The maximum Gasteiger partial charge on any atom is 0.263 e. The molecule has 0 aliphatic carbocycles. The van der Waals surface area contributed by atoms with Gasteiger partial charge in [0.2, 0.25) is 5.88 Å². The maximum absolute atomic E-state index is 12.2. The molecule has 2 aromatic rings. The smallest absolute Gasteiger partial charge is 0.263 e. The largest absolute Gasteiger partial charge is 0.474 e. The molecule has 1 amide bonds. The van der Waals surface area contributed by atoms with Crippen molar-refractivity contribution in [1.29, 1.82) is 0 Å². The van der Waals surface area contributed by atoms with E-state index in [2.05, 4.69) is 9.97 Å². The molecule has 0 N–H and O–H groups in total. The summed E-state index contributed by atoms with van der Waals surface area (Å²) in [5.41, 5.74) is 0. The third kappa shape index (κ3) is 2.96. The standard InChI is InChI=1S/C14H15N3O2S/c18-14(12-2-1-9-20-12)17-7-4-11(5-8-17)19-13-3-6-15-10-16-13/h1-3,6,9-11H,4-5,7-8H2. The van der Waals surface area contributed by atoms with E-state index in [1.165, 1.54) is 17.7 Å². The minimum atomic E-state index is 0.122. The number of aromatic nitrogens is 2. The number of carbonyl (C=O) groups excluding carboxylic acids is 1. The first-order valence-electron chi connectivity index (χ1n) is 6.58. The Morgan fingerprint density at radius 1 is 1.35 bits per heavy atom. The Labute approximate surface area is 121 Å². The molecule has 0 radical (unpaired) electrons. The van der Waals surface area contributed by atoms with Gasteiger partial charge in [-0.05, 0) is 11.4 Å². The van der Waals surface area contributed by atoms with E-state index in [-0.39, 0.29) is 12.0 Å². The second-order valence-corrected chi connectivity index (χ2v) is 5.58. The molecule has 0 unspecified atom stereocenters. The number of piperidine rings is 1. The van der Waals surface area contributed by atoms with Crippen molar-refractivity contribution in [2.24, 2.45) is 0 Å². The van der Waals surface area contributed by atoms with Gasteiger partial charge in [0.05, 0.1) is 4.88 Å². The maximum atomic E-state index is 12.2. The van der Waals surface area contributed by atoms with Crippen LogP contribution in [-0.2, 0) is 0 Å². The number of hydrogen-bond donors (Lipinski definition) is 0. The predicted octanol–water partition coefficient (Wildman–Crippen LogP) is 2.22. The lowest BCUT2D eigenvalue weighted by atomic mass is 10.1. The summed E-state index contributed by atoms with van der Waals surface area (Å²) >= 11 is 1.49. The van der Waals surface area contributed by atoms with Gasteiger partial charge in [0.1, 0.15) is 12.4 Å². The normalized spacial score (nSPS) is 16.1. The highest BCUT2D eigenvalue weighted by molar-refractivity contribution is 7.12. The molecular formula is C14H15N3O2S. The molecule has 3 heterocycles. The lowest BCUT2D eigenvalue weighted by Gasteiger charge is -2.31. The van der Waals surface area contributed by atoms with Crippen LogP contribution in [0, 0.1) is 0 Å². The summed E-state index contributed by atoms with van der Waals surface area (Å²) in [4.78, 5) is 22.8. The molecule has 20 heavy (non-hydrogen) atoms. The Kier molecular flexibility index (Phi) is 3.92. The molecule has 1 aliphatic heterocycles. The number of amides is 1. The van der Waals surface area contributed by atoms with Gasteiger partial charge in [-0.25, -0.2) is 9.97 Å². The monoisotopic (exact) mass is 289 g/mol. The van der Waals surface area contributed by atoms with E-state index in [0.29, 0.717) is 5.88 Å². The van der Waals surface area contributed by atoms with Crippen LogP contribution in [0.4, 0.5) is 0 Å². The van der Waals surface area contributed by atoms with E-state index < -0.39 is 0 Å². The van der Waals surface area contributed by atoms with Gasteiger partial charge >= 0.3 is 0 Å². The summed E-state index contributed by atoms with van der Waals surface area (Å²) < 4.78 is 5.79. The van der Waals surface area contributed by atoms with Gasteiger partial charge in [0.15, 0.2) is 0 Å². The van der Waals surface area contributed by atoms with Crippen molar-refractivity contribution in [3.05, 3.63) is 41.0 Å². The minimum Gasteiger partial charge on any atom is -0.474 e. The fourth-order valence-corrected chi connectivity index (χ4v) is 2.94. The first kappa shape index (κ1) is 13.1. The number of nitrogens with zero attached hydrogens (tertiary/aromatic N) is 3. The average Bonchev–Trinajstić information content (AvgIpc) is 3.03. The number of rotatable bonds is 3. The zero-order chi connectivity index (χ0) is 13.8. The molecule has 0 saturated carbocycles. The lowest BCUT2D eigenvalue weighted by molar-refractivity contribution is 0.0592. The van der Waals surface area contributed by atoms with E-state index >= 15 is 0 Å². The molecule has 2 aromatic heterocycles. The first-order valence-corrected chi connectivity index (χ1v) is 7.46. The number of carbonyl (C=O) groups is 1. The summed E-state index contributed by atoms with van der Waals surface area (Å²) in [6, 6.07) is 5.53. The van der Waals surface area contributed by atoms with Crippen LogP contribution >= 0.6 is 11.3 Å². The van der Waals surface area contributed by atoms with Crippen molar-refractivity contribution in [3.8, 4) is 5.88 Å². The molecule has 0 atom stereocenters. The Hall–Kier alpha value is -1.95. The van der Waals surface area contributed by atoms with Crippen LogP contribution in [0.5, 0.6) is 5.88 Å². The Morgan fingerprint density at radius 2 is 2.20 bits per heavy atom. The van der Waals surface area contributed by atoms with Gasteiger partial charge in [0, 0.05) is 38.2 Å². The zero-order valence-electron chi connectivity index (χ0n) is 10.9. The minimum absolute atomic E-state index is 0.122. The first-order chi connectivity index (χ1) is 9.83. The molecule has 0 spiro atoms. The Balaban J connectivity index is 1.53. The molecule has 0 aromatic carbocycles. The molecule has 1 saturated heterocycles. The molecular weight excluding hydrogens is 274 g/mol. The van der Waals surface area contributed by atoms with Crippen molar-refractivity contribution in [2.45, 2.75) is 18.9 Å². The highest BCUT2D eigenvalue weighted by Crippen LogP contribution is 2.19. The van der Waals surface area contributed by atoms with Gasteiger partial charge in [0.25, 0.3) is 5.91 Å². The fourth-order valence-electron chi connectivity index (χ4n) is 2.25. The molecule has 1 fully saturated rings. The highest BCUT2D eigenvalue weighted by Gasteiger charge is 2.25. The van der Waals surface area contributed by atoms with Crippen molar-refractivity contribution in [1.82, 2.24) is 14.9 Å². The fraction of sp³-hybridized carbons (Fsp3) is 0.357. The third-order valence-corrected chi connectivity index (χ3v) is 4.16. The van der Waals surface area contributed by atoms with E-state index in [1.54, 1.807) is 12.3 Å². The second-order valence-electron chi connectivity index (χ2n) is 4.63. The van der Waals surface area contributed by atoms with E-state index in [9.17, 15) is 4.79 Å². The van der Waals surface area contributed by atoms with Crippen molar-refractivity contribution < 1.29 is 9.53 Å². The van der Waals surface area contributed by atoms with Crippen molar-refractivity contribution in [3.63, 3.8) is 0 Å². The van der Waals surface area contributed by atoms with Gasteiger partial charge in [-0.2, -0.15) is 0 Å². The molecule has 0 bridgehead atoms. The van der Waals surface area contributed by atoms with Crippen LogP contribution in [0.2, 0.25) is 0 Å². The molecule has 3 rings (SSSR count). The number of ether oxygens (including phenoxy) is 1. The summed E-state index contributed by atoms with van der Waals surface area (Å²) in [6.45, 7) is 1.46. The van der Waals surface area contributed by atoms with E-state index in [4.69, 9.17) is 4.74 Å². The summed E-state index contributed by atoms with van der Waals surface area (Å²) in [7, 11) is 0. The Morgan fingerprint density at radius 3 is 2.85 bits per heavy atom. The van der Waals surface area contributed by atoms with Crippen LogP contribution in [-0.4, -0.2) is 40.0 Å². The van der Waals surface area contributed by atoms with Crippen LogP contribution in [0.25, 0.3) is 0 Å². The molecule has 5 nitrogen and oxygen atoms in total. The molecule has 6 heteroatoms. The van der Waals surface area contributed by atoms with Gasteiger partial charge in [-0.15, -0.1) is 11.3 Å². The molecule has 104 valence electrons. The zero-order valence-corrected chi connectivity index (χ0v) is 11.8. The van der Waals surface area contributed by atoms with Crippen LogP contribution in [0.1, 0.15) is 22.5 Å². The molecule has 1 aliphatic rings. The highest BCUT2D eigenvalue weighted by atomic mass is 32.1. The number of likely N-dealkylation sites (tertiary alicyclic amines) is 1. The quantitative estimate of drug-likeness (QED) is 0.869. The van der Waals surface area contributed by atoms with Crippen molar-refractivity contribution in [2.75, 3.05) is 13.1 Å². The topological polar surface area (TPSA) is 55.3 Å². The summed E-state index contributed by atoms with van der Waals surface area (Å²) in [5.74, 6) is 0.725. The average molecular weight is 289 g/mol. The predicted molar refractivity (Wildman–Crippen MR) is 75.9 cm³/mol. The number of hydrogen-bond acceptors (Lipinski definition) is 5. The second kappa shape index (κ2) is 6.00. The van der Waals surface area contributed by atoms with Crippen molar-refractivity contribution >= 4 is 17.2 Å². The van der Waals surface area contributed by atoms with Crippen LogP contribution < -0.4 is 4.74 Å². The van der Waals surface area contributed by atoms with E-state index in [0.717, 1.165) is 30.8 Å². The van der Waals surface area contributed by atoms with Crippen LogP contribution in [0.15, 0.2) is 36.1 Å². The van der Waals surface area contributed by atoms with Crippen LogP contribution in [0.3, 0.4) is 0 Å². The van der Waals surface area contributed by atoms with Gasteiger partial charge in [-0.3, -0.25) is 4.79 Å². The number of thiophene rings is 1.